The lowest BCUT2D eigenvalue weighted by Crippen LogP contribution is -2.37. The van der Waals surface area contributed by atoms with Crippen LogP contribution in [0.2, 0.25) is 5.02 Å². The Morgan fingerprint density at radius 3 is 2.52 bits per heavy atom. The summed E-state index contributed by atoms with van der Waals surface area (Å²) in [5, 5.41) is 1.59. The molecule has 1 fully saturated rings. The molecule has 0 atom stereocenters. The number of methoxy groups -OCH3 is 1. The molecule has 0 saturated carbocycles. The lowest BCUT2D eigenvalue weighted by molar-refractivity contribution is -0.131. The molecule has 2 heterocycles. The van der Waals surface area contributed by atoms with Gasteiger partial charge in [0.05, 0.1) is 7.11 Å². The number of nitrogens with zero attached hydrogens (tertiary/aromatic N) is 2. The Morgan fingerprint density at radius 1 is 1.00 bits per heavy atom. The van der Waals surface area contributed by atoms with E-state index in [9.17, 15) is 9.59 Å². The summed E-state index contributed by atoms with van der Waals surface area (Å²) in [7, 11) is 1.64. The van der Waals surface area contributed by atoms with Gasteiger partial charge in [0.15, 0.2) is 0 Å². The van der Waals surface area contributed by atoms with Crippen molar-refractivity contribution in [3.05, 3.63) is 64.8 Å². The summed E-state index contributed by atoms with van der Waals surface area (Å²) >= 11 is 6.04. The molecule has 0 spiro atoms. The number of H-pyrrole nitrogens is 1. The monoisotopic (exact) mass is 439 g/mol. The molecule has 2 amide bonds. The van der Waals surface area contributed by atoms with Crippen molar-refractivity contribution in [1.82, 2.24) is 14.8 Å². The number of halogens is 1. The number of aromatic amines is 1. The molecular formula is C24H26ClN3O3. The van der Waals surface area contributed by atoms with E-state index in [0.717, 1.165) is 28.6 Å². The van der Waals surface area contributed by atoms with Crippen LogP contribution in [0, 0.1) is 0 Å². The zero-order chi connectivity index (χ0) is 21.8. The highest BCUT2D eigenvalue weighted by atomic mass is 35.5. The first-order valence-corrected chi connectivity index (χ1v) is 10.9. The van der Waals surface area contributed by atoms with Crippen molar-refractivity contribution < 1.29 is 14.3 Å². The fraction of sp³-hybridized carbons (Fsp3) is 0.333. The number of rotatable bonds is 5. The Hall–Kier alpha value is -2.99. The van der Waals surface area contributed by atoms with E-state index in [1.807, 2.05) is 58.3 Å². The number of aryl methyl sites for hydroxylation is 1. The van der Waals surface area contributed by atoms with Crippen LogP contribution in [0.4, 0.5) is 0 Å². The van der Waals surface area contributed by atoms with Gasteiger partial charge in [0.25, 0.3) is 5.91 Å². The van der Waals surface area contributed by atoms with E-state index in [4.69, 9.17) is 16.3 Å². The molecule has 31 heavy (non-hydrogen) atoms. The zero-order valence-electron chi connectivity index (χ0n) is 17.6. The molecule has 3 aromatic rings. The highest BCUT2D eigenvalue weighted by Gasteiger charge is 2.23. The van der Waals surface area contributed by atoms with Crippen LogP contribution in [-0.4, -0.2) is 59.9 Å². The number of carbonyl (C=O) groups excluding carboxylic acids is 2. The average Bonchev–Trinajstić information content (AvgIpc) is 3.04. The topological polar surface area (TPSA) is 65.6 Å². The number of benzene rings is 2. The summed E-state index contributed by atoms with van der Waals surface area (Å²) in [5.41, 5.74) is 2.51. The van der Waals surface area contributed by atoms with E-state index in [-0.39, 0.29) is 11.8 Å². The van der Waals surface area contributed by atoms with Crippen LogP contribution in [0.1, 0.15) is 28.9 Å². The van der Waals surface area contributed by atoms with Gasteiger partial charge in [0.1, 0.15) is 11.4 Å². The molecule has 4 rings (SSSR count). The minimum absolute atomic E-state index is 0.0418. The summed E-state index contributed by atoms with van der Waals surface area (Å²) in [6.07, 6.45) is 1.93. The fourth-order valence-electron chi connectivity index (χ4n) is 3.96. The second-order valence-corrected chi connectivity index (χ2v) is 8.23. The van der Waals surface area contributed by atoms with Gasteiger partial charge in [-0.25, -0.2) is 0 Å². The minimum atomic E-state index is -0.0418. The van der Waals surface area contributed by atoms with Gasteiger partial charge < -0.3 is 19.5 Å². The summed E-state index contributed by atoms with van der Waals surface area (Å²) in [6, 6.07) is 15.2. The summed E-state index contributed by atoms with van der Waals surface area (Å²) < 4.78 is 5.17. The van der Waals surface area contributed by atoms with Crippen LogP contribution in [-0.2, 0) is 11.2 Å². The fourth-order valence-corrected chi connectivity index (χ4v) is 4.13. The van der Waals surface area contributed by atoms with Gasteiger partial charge in [0, 0.05) is 48.5 Å². The van der Waals surface area contributed by atoms with Gasteiger partial charge in [-0.05, 0) is 48.7 Å². The molecule has 162 valence electrons. The van der Waals surface area contributed by atoms with E-state index >= 15 is 0 Å². The maximum Gasteiger partial charge on any atom is 0.270 e. The first-order chi connectivity index (χ1) is 15.0. The SMILES string of the molecule is COc1ccc(CCC(=O)N2CCCN(C(=O)c3cc4ccc(Cl)cc4[nH]3)CC2)cc1. The molecule has 1 aliphatic heterocycles. The number of hydrogen-bond acceptors (Lipinski definition) is 3. The first-order valence-electron chi connectivity index (χ1n) is 10.5. The van der Waals surface area contributed by atoms with Gasteiger partial charge in [-0.3, -0.25) is 9.59 Å². The van der Waals surface area contributed by atoms with E-state index in [0.29, 0.717) is 49.7 Å². The van der Waals surface area contributed by atoms with Crippen LogP contribution in [0.5, 0.6) is 5.75 Å². The lowest BCUT2D eigenvalue weighted by Gasteiger charge is -2.22. The van der Waals surface area contributed by atoms with Crippen molar-refractivity contribution in [1.29, 1.82) is 0 Å². The van der Waals surface area contributed by atoms with Crippen molar-refractivity contribution in [2.75, 3.05) is 33.3 Å². The van der Waals surface area contributed by atoms with E-state index in [1.54, 1.807) is 7.11 Å². The molecular weight excluding hydrogens is 414 g/mol. The number of aromatic nitrogens is 1. The summed E-state index contributed by atoms with van der Waals surface area (Å²) in [5.74, 6) is 0.899. The summed E-state index contributed by atoms with van der Waals surface area (Å²) in [4.78, 5) is 32.6. The molecule has 0 bridgehead atoms. The molecule has 0 unspecified atom stereocenters. The smallest absolute Gasteiger partial charge is 0.270 e. The Balaban J connectivity index is 1.33. The molecule has 7 heteroatoms. The van der Waals surface area contributed by atoms with Crippen molar-refractivity contribution in [3.63, 3.8) is 0 Å². The first kappa shape index (κ1) is 21.2. The quantitative estimate of drug-likeness (QED) is 0.649. The third-order valence-electron chi connectivity index (χ3n) is 5.74. The number of ether oxygens (including phenoxy) is 1. The highest BCUT2D eigenvalue weighted by Crippen LogP contribution is 2.21. The molecule has 1 aromatic heterocycles. The normalized spacial score (nSPS) is 14.5. The Bertz CT molecular complexity index is 1080. The lowest BCUT2D eigenvalue weighted by atomic mass is 10.1. The number of amides is 2. The molecule has 1 N–H and O–H groups in total. The maximum absolute atomic E-state index is 13.0. The number of hydrogen-bond donors (Lipinski definition) is 1. The van der Waals surface area contributed by atoms with Crippen molar-refractivity contribution in [2.45, 2.75) is 19.3 Å². The van der Waals surface area contributed by atoms with E-state index < -0.39 is 0 Å². The van der Waals surface area contributed by atoms with Gasteiger partial charge in [-0.15, -0.1) is 0 Å². The maximum atomic E-state index is 13.0. The molecule has 0 aliphatic carbocycles. The Kier molecular flexibility index (Phi) is 6.47. The highest BCUT2D eigenvalue weighted by molar-refractivity contribution is 6.31. The zero-order valence-corrected chi connectivity index (χ0v) is 18.3. The molecule has 1 aliphatic rings. The average molecular weight is 440 g/mol. The predicted molar refractivity (Wildman–Crippen MR) is 122 cm³/mol. The van der Waals surface area contributed by atoms with Gasteiger partial charge in [0.2, 0.25) is 5.91 Å². The summed E-state index contributed by atoms with van der Waals surface area (Å²) in [6.45, 7) is 2.40. The Morgan fingerprint density at radius 2 is 1.74 bits per heavy atom. The van der Waals surface area contributed by atoms with Gasteiger partial charge >= 0.3 is 0 Å². The van der Waals surface area contributed by atoms with Gasteiger partial charge in [-0.2, -0.15) is 0 Å². The van der Waals surface area contributed by atoms with Crippen LogP contribution in [0.3, 0.4) is 0 Å². The third-order valence-corrected chi connectivity index (χ3v) is 5.97. The van der Waals surface area contributed by atoms with Crippen LogP contribution in [0.15, 0.2) is 48.5 Å². The number of carbonyl (C=O) groups is 2. The second-order valence-electron chi connectivity index (χ2n) is 7.79. The van der Waals surface area contributed by atoms with Crippen molar-refractivity contribution in [2.24, 2.45) is 0 Å². The predicted octanol–water partition coefficient (Wildman–Crippen LogP) is 4.14. The van der Waals surface area contributed by atoms with Crippen LogP contribution < -0.4 is 4.74 Å². The molecule has 6 nitrogen and oxygen atoms in total. The van der Waals surface area contributed by atoms with E-state index in [2.05, 4.69) is 4.98 Å². The van der Waals surface area contributed by atoms with Crippen molar-refractivity contribution in [3.8, 4) is 5.75 Å². The van der Waals surface area contributed by atoms with Crippen molar-refractivity contribution >= 4 is 34.3 Å². The largest absolute Gasteiger partial charge is 0.497 e. The standard InChI is InChI=1S/C24H26ClN3O3/c1-31-20-8-3-17(4-9-20)5-10-23(29)27-11-2-12-28(14-13-27)24(30)22-15-18-6-7-19(25)16-21(18)26-22/h3-4,6-9,15-16,26H,2,5,10-14H2,1H3. The third kappa shape index (κ3) is 5.02. The minimum Gasteiger partial charge on any atom is -0.497 e. The Labute approximate surface area is 186 Å². The molecule has 2 aromatic carbocycles. The molecule has 1 saturated heterocycles. The van der Waals surface area contributed by atoms with E-state index in [1.165, 1.54) is 0 Å². The van der Waals surface area contributed by atoms with Crippen LogP contribution >= 0.6 is 11.6 Å². The number of fused-ring (bicyclic) bond motifs is 1. The van der Waals surface area contributed by atoms with Crippen LogP contribution in [0.25, 0.3) is 10.9 Å². The molecule has 0 radical (unpaired) electrons. The van der Waals surface area contributed by atoms with Gasteiger partial charge in [-0.1, -0.05) is 29.8 Å². The second kappa shape index (κ2) is 9.43. The number of nitrogens with one attached hydrogen (secondary N) is 1.